The summed E-state index contributed by atoms with van der Waals surface area (Å²) in [5, 5.41) is 3.87. The lowest BCUT2D eigenvalue weighted by Crippen LogP contribution is -2.28. The third-order valence-electron chi connectivity index (χ3n) is 4.91. The average molecular weight is 370 g/mol. The minimum atomic E-state index is 0.142. The van der Waals surface area contributed by atoms with Crippen molar-refractivity contribution in [1.82, 2.24) is 19.4 Å². The highest BCUT2D eigenvalue weighted by molar-refractivity contribution is 7.08. The Morgan fingerprint density at radius 2 is 2.35 bits per heavy atom. The number of fused-ring (bicyclic) bond motifs is 1. The Morgan fingerprint density at radius 3 is 3.15 bits per heavy atom. The predicted molar refractivity (Wildman–Crippen MR) is 101 cm³/mol. The Hall–Kier alpha value is -2.25. The highest BCUT2D eigenvalue weighted by atomic mass is 32.1. The first-order valence-electron chi connectivity index (χ1n) is 8.87. The van der Waals surface area contributed by atoms with Gasteiger partial charge in [-0.05, 0) is 35.9 Å². The summed E-state index contributed by atoms with van der Waals surface area (Å²) in [5.41, 5.74) is 2.62. The van der Waals surface area contributed by atoms with Crippen molar-refractivity contribution in [3.63, 3.8) is 0 Å². The van der Waals surface area contributed by atoms with Crippen molar-refractivity contribution >= 4 is 28.4 Å². The minimum Gasteiger partial charge on any atom is -0.383 e. The van der Waals surface area contributed by atoms with Crippen LogP contribution in [0.3, 0.4) is 0 Å². The Balaban J connectivity index is 1.50. The topological polar surface area (TPSA) is 60.2 Å². The quantitative estimate of drug-likeness (QED) is 0.669. The molecule has 6 nitrogen and oxygen atoms in total. The first kappa shape index (κ1) is 17.2. The third-order valence-corrected chi connectivity index (χ3v) is 5.60. The van der Waals surface area contributed by atoms with Crippen LogP contribution < -0.4 is 0 Å². The summed E-state index contributed by atoms with van der Waals surface area (Å²) in [4.78, 5) is 23.8. The number of aromatic nitrogens is 3. The first-order chi connectivity index (χ1) is 12.8. The molecule has 136 valence electrons. The van der Waals surface area contributed by atoms with E-state index in [0.29, 0.717) is 12.5 Å². The van der Waals surface area contributed by atoms with E-state index in [-0.39, 0.29) is 5.91 Å². The van der Waals surface area contributed by atoms with E-state index in [4.69, 9.17) is 9.72 Å². The summed E-state index contributed by atoms with van der Waals surface area (Å²) in [6.45, 7) is 2.97. The van der Waals surface area contributed by atoms with Crippen molar-refractivity contribution in [2.75, 3.05) is 26.8 Å². The third kappa shape index (κ3) is 3.37. The summed E-state index contributed by atoms with van der Waals surface area (Å²) in [6.07, 6.45) is 3.66. The molecule has 26 heavy (non-hydrogen) atoms. The zero-order valence-corrected chi connectivity index (χ0v) is 15.6. The Morgan fingerprint density at radius 1 is 1.42 bits per heavy atom. The van der Waals surface area contributed by atoms with Crippen LogP contribution in [0, 0.1) is 5.92 Å². The number of pyridine rings is 1. The molecule has 0 spiro atoms. The maximum atomic E-state index is 12.5. The summed E-state index contributed by atoms with van der Waals surface area (Å²) in [6, 6.07) is 5.81. The molecule has 1 atom stereocenters. The van der Waals surface area contributed by atoms with Gasteiger partial charge in [0.05, 0.1) is 12.2 Å². The van der Waals surface area contributed by atoms with Crippen LogP contribution >= 0.6 is 11.3 Å². The van der Waals surface area contributed by atoms with Crippen molar-refractivity contribution in [1.29, 1.82) is 0 Å². The molecule has 1 saturated heterocycles. The highest BCUT2D eigenvalue weighted by Gasteiger charge is 2.28. The molecule has 3 aromatic heterocycles. The van der Waals surface area contributed by atoms with Gasteiger partial charge in [-0.3, -0.25) is 4.79 Å². The highest BCUT2D eigenvalue weighted by Crippen LogP contribution is 2.24. The lowest BCUT2D eigenvalue weighted by molar-refractivity contribution is 0.0787. The summed E-state index contributed by atoms with van der Waals surface area (Å²) < 4.78 is 7.41. The van der Waals surface area contributed by atoms with Crippen LogP contribution in [-0.2, 0) is 17.7 Å². The molecule has 1 aliphatic heterocycles. The second-order valence-electron chi connectivity index (χ2n) is 6.64. The molecule has 0 aliphatic carbocycles. The first-order valence-corrected chi connectivity index (χ1v) is 9.81. The van der Waals surface area contributed by atoms with Crippen LogP contribution in [0.25, 0.3) is 11.2 Å². The van der Waals surface area contributed by atoms with Crippen molar-refractivity contribution in [2.24, 2.45) is 5.92 Å². The number of nitrogens with zero attached hydrogens (tertiary/aromatic N) is 4. The minimum absolute atomic E-state index is 0.142. The van der Waals surface area contributed by atoms with Crippen molar-refractivity contribution in [2.45, 2.75) is 19.4 Å². The van der Waals surface area contributed by atoms with Gasteiger partial charge in [0, 0.05) is 44.7 Å². The smallest absolute Gasteiger partial charge is 0.254 e. The van der Waals surface area contributed by atoms with Gasteiger partial charge in [0.15, 0.2) is 5.65 Å². The van der Waals surface area contributed by atoms with Crippen LogP contribution in [0.5, 0.6) is 0 Å². The Bertz CT molecular complexity index is 890. The fourth-order valence-corrected chi connectivity index (χ4v) is 4.22. The predicted octanol–water partition coefficient (Wildman–Crippen LogP) is 2.84. The number of ether oxygens (including phenoxy) is 1. The van der Waals surface area contributed by atoms with Crippen LogP contribution in [0.2, 0.25) is 0 Å². The second-order valence-corrected chi connectivity index (χ2v) is 7.42. The number of carbonyl (C=O) groups excluding carboxylic acids is 1. The Kier molecular flexibility index (Phi) is 4.99. The molecule has 4 heterocycles. The maximum absolute atomic E-state index is 12.5. The van der Waals surface area contributed by atoms with Crippen LogP contribution in [0.15, 0.2) is 35.2 Å². The number of thiophene rings is 1. The van der Waals surface area contributed by atoms with Gasteiger partial charge in [0.1, 0.15) is 11.3 Å². The van der Waals surface area contributed by atoms with Gasteiger partial charge < -0.3 is 14.2 Å². The summed E-state index contributed by atoms with van der Waals surface area (Å²) in [5.74, 6) is 1.60. The fraction of sp³-hybridized carbons (Fsp3) is 0.421. The van der Waals surface area contributed by atoms with Gasteiger partial charge >= 0.3 is 0 Å². The van der Waals surface area contributed by atoms with E-state index >= 15 is 0 Å². The van der Waals surface area contributed by atoms with Crippen LogP contribution in [-0.4, -0.2) is 52.1 Å². The second kappa shape index (κ2) is 7.55. The number of hydrogen-bond donors (Lipinski definition) is 0. The van der Waals surface area contributed by atoms with Gasteiger partial charge in [-0.15, -0.1) is 0 Å². The molecule has 4 rings (SSSR count). The van der Waals surface area contributed by atoms with Gasteiger partial charge in [-0.2, -0.15) is 11.3 Å². The average Bonchev–Trinajstić information content (AvgIpc) is 3.40. The van der Waals surface area contributed by atoms with E-state index in [1.807, 2.05) is 33.9 Å². The molecule has 1 amide bonds. The molecule has 0 aromatic carbocycles. The fourth-order valence-electron chi connectivity index (χ4n) is 3.59. The normalized spacial score (nSPS) is 17.3. The van der Waals surface area contributed by atoms with E-state index in [0.717, 1.165) is 55.0 Å². The lowest BCUT2D eigenvalue weighted by Gasteiger charge is -2.16. The van der Waals surface area contributed by atoms with E-state index in [2.05, 4.69) is 9.55 Å². The van der Waals surface area contributed by atoms with Crippen molar-refractivity contribution in [3.8, 4) is 0 Å². The van der Waals surface area contributed by atoms with Crippen molar-refractivity contribution < 1.29 is 9.53 Å². The molecular weight excluding hydrogens is 348 g/mol. The number of imidazole rings is 1. The zero-order valence-electron chi connectivity index (χ0n) is 14.8. The SMILES string of the molecule is COCCn1c(C[C@H]2CCN(C(=O)c3ccsc3)C2)nc2cccnc21. The van der Waals surface area contributed by atoms with Gasteiger partial charge in [0.2, 0.25) is 0 Å². The summed E-state index contributed by atoms with van der Waals surface area (Å²) in [7, 11) is 1.71. The molecule has 7 heteroatoms. The molecule has 0 radical (unpaired) electrons. The van der Waals surface area contributed by atoms with Gasteiger partial charge in [-0.1, -0.05) is 0 Å². The molecule has 0 N–H and O–H groups in total. The van der Waals surface area contributed by atoms with Crippen molar-refractivity contribution in [3.05, 3.63) is 46.5 Å². The molecule has 0 unspecified atom stereocenters. The van der Waals surface area contributed by atoms with E-state index in [1.165, 1.54) is 0 Å². The molecule has 0 bridgehead atoms. The van der Waals surface area contributed by atoms with Gasteiger partial charge in [0.25, 0.3) is 5.91 Å². The van der Waals surface area contributed by atoms with Crippen LogP contribution in [0.4, 0.5) is 0 Å². The van der Waals surface area contributed by atoms with E-state index in [1.54, 1.807) is 24.6 Å². The molecular formula is C19H22N4O2S. The number of likely N-dealkylation sites (tertiary alicyclic amines) is 1. The van der Waals surface area contributed by atoms with Gasteiger partial charge in [-0.25, -0.2) is 9.97 Å². The number of carbonyl (C=O) groups is 1. The maximum Gasteiger partial charge on any atom is 0.254 e. The number of rotatable bonds is 6. The van der Waals surface area contributed by atoms with Crippen LogP contribution in [0.1, 0.15) is 22.6 Å². The lowest BCUT2D eigenvalue weighted by atomic mass is 10.0. The number of methoxy groups -OCH3 is 1. The number of amides is 1. The molecule has 3 aromatic rings. The zero-order chi connectivity index (χ0) is 17.9. The van der Waals surface area contributed by atoms with E-state index < -0.39 is 0 Å². The summed E-state index contributed by atoms with van der Waals surface area (Å²) >= 11 is 1.56. The standard InChI is InChI=1S/C19H22N4O2S/c1-25-9-8-23-17(21-16-3-2-6-20-18(16)23)11-14-4-7-22(12-14)19(24)15-5-10-26-13-15/h2-3,5-6,10,13-14H,4,7-9,11-12H2,1H3/t14-/m1/s1. The Labute approximate surface area is 156 Å². The molecule has 0 saturated carbocycles. The number of hydrogen-bond acceptors (Lipinski definition) is 5. The monoisotopic (exact) mass is 370 g/mol. The largest absolute Gasteiger partial charge is 0.383 e. The van der Waals surface area contributed by atoms with E-state index in [9.17, 15) is 4.79 Å². The molecule has 1 fully saturated rings. The molecule has 1 aliphatic rings.